The van der Waals surface area contributed by atoms with Crippen molar-refractivity contribution in [1.29, 1.82) is 0 Å². The van der Waals surface area contributed by atoms with Crippen LogP contribution in [-0.2, 0) is 10.3 Å². The fraction of sp³-hybridized carbons (Fsp3) is 0.385. The topological polar surface area (TPSA) is 55.5 Å². The average Bonchev–Trinajstić information content (AvgIpc) is 2.66. The van der Waals surface area contributed by atoms with Gasteiger partial charge in [-0.25, -0.2) is 4.79 Å². The van der Waals surface area contributed by atoms with Gasteiger partial charge in [0.25, 0.3) is 0 Å². The molecule has 4 heteroatoms. The quantitative estimate of drug-likeness (QED) is 0.586. The third-order valence-electron chi connectivity index (χ3n) is 3.61. The molecule has 1 aliphatic carbocycles. The van der Waals surface area contributed by atoms with Gasteiger partial charge in [-0.05, 0) is 37.8 Å². The number of rotatable bonds is 2. The van der Waals surface area contributed by atoms with Gasteiger partial charge in [0.2, 0.25) is 6.08 Å². The minimum absolute atomic E-state index is 0.391. The van der Waals surface area contributed by atoms with E-state index < -0.39 is 5.54 Å². The molecular weight excluding hydrogens is 216 g/mol. The lowest BCUT2D eigenvalue weighted by Crippen LogP contribution is -2.32. The third kappa shape index (κ3) is 1.34. The van der Waals surface area contributed by atoms with Gasteiger partial charge in [0.1, 0.15) is 0 Å². The Kier molecular flexibility index (Phi) is 2.13. The molecule has 4 nitrogen and oxygen atoms in total. The number of aromatic nitrogens is 1. The molecule has 0 atom stereocenters. The van der Waals surface area contributed by atoms with Crippen LogP contribution in [0.4, 0.5) is 0 Å². The summed E-state index contributed by atoms with van der Waals surface area (Å²) in [6.07, 6.45) is 4.59. The normalized spacial score (nSPS) is 17.5. The molecule has 1 fully saturated rings. The number of fused-ring (bicyclic) bond motifs is 1. The van der Waals surface area contributed by atoms with E-state index in [-0.39, 0.29) is 0 Å². The van der Waals surface area contributed by atoms with E-state index in [2.05, 4.69) is 10.1 Å². The molecule has 0 saturated heterocycles. The summed E-state index contributed by atoms with van der Waals surface area (Å²) >= 11 is 0. The van der Waals surface area contributed by atoms with Crippen LogP contribution in [0.2, 0.25) is 0 Å². The van der Waals surface area contributed by atoms with Crippen molar-refractivity contribution < 1.29 is 9.32 Å². The first kappa shape index (κ1) is 10.2. The second-order valence-corrected chi connectivity index (χ2v) is 4.53. The van der Waals surface area contributed by atoms with Crippen molar-refractivity contribution in [1.82, 2.24) is 5.16 Å². The molecule has 0 radical (unpaired) electrons. The Bertz CT molecular complexity index is 619. The number of aryl methyl sites for hydroxylation is 1. The van der Waals surface area contributed by atoms with Crippen molar-refractivity contribution >= 4 is 17.0 Å². The minimum atomic E-state index is -0.391. The van der Waals surface area contributed by atoms with E-state index in [1.165, 1.54) is 0 Å². The van der Waals surface area contributed by atoms with Crippen molar-refractivity contribution in [3.63, 3.8) is 0 Å². The van der Waals surface area contributed by atoms with E-state index in [4.69, 9.17) is 4.52 Å². The molecule has 17 heavy (non-hydrogen) atoms. The number of carbonyl (C=O) groups excluding carboxylic acids is 1. The highest BCUT2D eigenvalue weighted by Gasteiger charge is 2.40. The molecule has 1 aliphatic rings. The van der Waals surface area contributed by atoms with Crippen LogP contribution in [0.25, 0.3) is 11.0 Å². The molecule has 0 amide bonds. The van der Waals surface area contributed by atoms with Crippen LogP contribution in [-0.4, -0.2) is 11.2 Å². The minimum Gasteiger partial charge on any atom is -0.356 e. The highest BCUT2D eigenvalue weighted by molar-refractivity contribution is 5.84. The second kappa shape index (κ2) is 3.54. The van der Waals surface area contributed by atoms with Crippen molar-refractivity contribution in [3.8, 4) is 0 Å². The number of isocyanates is 1. The number of hydrogen-bond acceptors (Lipinski definition) is 4. The predicted octanol–water partition coefficient (Wildman–Crippen LogP) is 2.85. The summed E-state index contributed by atoms with van der Waals surface area (Å²) < 4.78 is 5.24. The van der Waals surface area contributed by atoms with Gasteiger partial charge in [-0.2, -0.15) is 4.99 Å². The maximum atomic E-state index is 10.6. The monoisotopic (exact) mass is 228 g/mol. The van der Waals surface area contributed by atoms with Crippen molar-refractivity contribution in [2.75, 3.05) is 0 Å². The zero-order valence-electron chi connectivity index (χ0n) is 9.56. The van der Waals surface area contributed by atoms with Crippen LogP contribution in [0.5, 0.6) is 0 Å². The molecule has 1 aromatic carbocycles. The molecule has 86 valence electrons. The van der Waals surface area contributed by atoms with E-state index in [1.54, 1.807) is 6.08 Å². The van der Waals surface area contributed by atoms with Crippen LogP contribution < -0.4 is 0 Å². The summed E-state index contributed by atoms with van der Waals surface area (Å²) in [7, 11) is 0. The van der Waals surface area contributed by atoms with Gasteiger partial charge in [0.05, 0.1) is 16.6 Å². The smallest absolute Gasteiger partial charge is 0.235 e. The lowest BCUT2D eigenvalue weighted by Gasteiger charge is -2.37. The Morgan fingerprint density at radius 1 is 1.47 bits per heavy atom. The van der Waals surface area contributed by atoms with Crippen molar-refractivity contribution in [3.05, 3.63) is 29.5 Å². The Morgan fingerprint density at radius 2 is 2.29 bits per heavy atom. The summed E-state index contributed by atoms with van der Waals surface area (Å²) in [5.74, 6) is 0. The predicted molar refractivity (Wildman–Crippen MR) is 62.4 cm³/mol. The number of aliphatic imine (C=N–C) groups is 1. The Hall–Kier alpha value is -1.93. The SMILES string of the molecule is Cc1noc2cccc(C3(N=C=O)CCC3)c12. The lowest BCUT2D eigenvalue weighted by atomic mass is 9.71. The largest absolute Gasteiger partial charge is 0.356 e. The van der Waals surface area contributed by atoms with E-state index in [1.807, 2.05) is 25.1 Å². The Morgan fingerprint density at radius 3 is 2.94 bits per heavy atom. The molecular formula is C13H12N2O2. The molecule has 1 heterocycles. The van der Waals surface area contributed by atoms with Gasteiger partial charge < -0.3 is 4.52 Å². The van der Waals surface area contributed by atoms with Crippen LogP contribution in [0.15, 0.2) is 27.7 Å². The van der Waals surface area contributed by atoms with Gasteiger partial charge in [0, 0.05) is 0 Å². The molecule has 3 rings (SSSR count). The Labute approximate surface area is 98.3 Å². The van der Waals surface area contributed by atoms with Gasteiger partial charge in [-0.1, -0.05) is 17.3 Å². The van der Waals surface area contributed by atoms with Gasteiger partial charge in [0.15, 0.2) is 5.58 Å². The number of hydrogen-bond donors (Lipinski definition) is 0. The zero-order chi connectivity index (χ0) is 11.9. The summed E-state index contributed by atoms with van der Waals surface area (Å²) in [4.78, 5) is 14.6. The second-order valence-electron chi connectivity index (χ2n) is 4.53. The molecule has 0 unspecified atom stereocenters. The zero-order valence-corrected chi connectivity index (χ0v) is 9.56. The standard InChI is InChI=1S/C13H12N2O2/c1-9-12-10(4-2-5-11(12)17-15-9)13(14-8-16)6-3-7-13/h2,4-5H,3,6-7H2,1H3. The van der Waals surface area contributed by atoms with E-state index in [9.17, 15) is 4.79 Å². The van der Waals surface area contributed by atoms with Crippen LogP contribution >= 0.6 is 0 Å². The average molecular weight is 228 g/mol. The molecule has 1 saturated carbocycles. The van der Waals surface area contributed by atoms with Gasteiger partial charge in [-0.3, -0.25) is 0 Å². The summed E-state index contributed by atoms with van der Waals surface area (Å²) in [6.45, 7) is 1.91. The van der Waals surface area contributed by atoms with E-state index in [0.717, 1.165) is 41.5 Å². The summed E-state index contributed by atoms with van der Waals surface area (Å²) in [5.41, 5.74) is 2.26. The first-order chi connectivity index (χ1) is 8.27. The maximum Gasteiger partial charge on any atom is 0.235 e. The van der Waals surface area contributed by atoms with Crippen LogP contribution in [0.1, 0.15) is 30.5 Å². The fourth-order valence-electron chi connectivity index (χ4n) is 2.57. The summed E-state index contributed by atoms with van der Waals surface area (Å²) in [5, 5.41) is 4.97. The Balaban J connectivity index is 2.29. The molecule has 2 aromatic rings. The van der Waals surface area contributed by atoms with Crippen LogP contribution in [0.3, 0.4) is 0 Å². The van der Waals surface area contributed by atoms with E-state index >= 15 is 0 Å². The molecule has 0 aliphatic heterocycles. The van der Waals surface area contributed by atoms with Gasteiger partial charge in [-0.15, -0.1) is 0 Å². The maximum absolute atomic E-state index is 10.6. The molecule has 0 N–H and O–H groups in total. The molecule has 0 bridgehead atoms. The lowest BCUT2D eigenvalue weighted by molar-refractivity contribution is 0.258. The molecule has 0 spiro atoms. The fourth-order valence-corrected chi connectivity index (χ4v) is 2.57. The first-order valence-corrected chi connectivity index (χ1v) is 5.71. The number of nitrogens with zero attached hydrogens (tertiary/aromatic N) is 2. The van der Waals surface area contributed by atoms with Gasteiger partial charge >= 0.3 is 0 Å². The summed E-state index contributed by atoms with van der Waals surface area (Å²) in [6, 6.07) is 5.81. The van der Waals surface area contributed by atoms with Crippen LogP contribution in [0, 0.1) is 6.92 Å². The third-order valence-corrected chi connectivity index (χ3v) is 3.61. The highest BCUT2D eigenvalue weighted by atomic mass is 16.5. The van der Waals surface area contributed by atoms with E-state index in [0.29, 0.717) is 0 Å². The highest BCUT2D eigenvalue weighted by Crippen LogP contribution is 2.47. The molecule has 1 aromatic heterocycles. The first-order valence-electron chi connectivity index (χ1n) is 5.71. The van der Waals surface area contributed by atoms with Crippen molar-refractivity contribution in [2.24, 2.45) is 4.99 Å². The van der Waals surface area contributed by atoms with Crippen molar-refractivity contribution in [2.45, 2.75) is 31.7 Å². The number of benzene rings is 1.